The van der Waals surface area contributed by atoms with Gasteiger partial charge in [-0.05, 0) is 18.4 Å². The number of ether oxygens (including phenoxy) is 1. The fourth-order valence-electron chi connectivity index (χ4n) is 3.93. The molecule has 1 N–H and O–H groups in total. The van der Waals surface area contributed by atoms with Gasteiger partial charge in [0, 0.05) is 36.7 Å². The molecule has 0 amide bonds. The lowest BCUT2D eigenvalue weighted by Gasteiger charge is -2.16. The molecule has 1 fully saturated rings. The molecule has 2 aromatic heterocycles. The van der Waals surface area contributed by atoms with Crippen molar-refractivity contribution < 1.29 is 4.74 Å². The Balaban J connectivity index is 1.65. The molecule has 3 aromatic rings. The van der Waals surface area contributed by atoms with E-state index in [9.17, 15) is 0 Å². The quantitative estimate of drug-likeness (QED) is 0.757. The largest absolute Gasteiger partial charge is 0.480 e. The maximum atomic E-state index is 5.62. The first-order valence-corrected chi connectivity index (χ1v) is 9.57. The molecule has 1 aromatic carbocycles. The van der Waals surface area contributed by atoms with Gasteiger partial charge in [-0.15, -0.1) is 0 Å². The van der Waals surface area contributed by atoms with Crippen molar-refractivity contribution in [2.45, 2.75) is 38.3 Å². The average molecular weight is 361 g/mol. The van der Waals surface area contributed by atoms with Gasteiger partial charge in [0.25, 0.3) is 0 Å². The summed E-state index contributed by atoms with van der Waals surface area (Å²) in [4.78, 5) is 8.99. The van der Waals surface area contributed by atoms with Gasteiger partial charge in [-0.2, -0.15) is 5.10 Å². The molecule has 0 unspecified atom stereocenters. The van der Waals surface area contributed by atoms with Gasteiger partial charge in [-0.1, -0.05) is 30.3 Å². The van der Waals surface area contributed by atoms with Crippen LogP contribution in [-0.2, 0) is 19.5 Å². The fourth-order valence-corrected chi connectivity index (χ4v) is 3.93. The Morgan fingerprint density at radius 1 is 1.19 bits per heavy atom. The third-order valence-electron chi connectivity index (χ3n) is 5.42. The van der Waals surface area contributed by atoms with Crippen LogP contribution in [0.3, 0.4) is 0 Å². The molecule has 27 heavy (non-hydrogen) atoms. The van der Waals surface area contributed by atoms with E-state index in [1.54, 1.807) is 13.4 Å². The van der Waals surface area contributed by atoms with Gasteiger partial charge >= 0.3 is 0 Å². The molecule has 5 rings (SSSR count). The van der Waals surface area contributed by atoms with Gasteiger partial charge < -0.3 is 10.1 Å². The standard InChI is InChI=1S/C21H23N5O/c1-27-21-18(19(15-7-8-15)23-13-24-21)20-16-11-22-10-9-17(16)26(25-20)12-14-5-3-2-4-6-14/h2-6,13,15,22H,7-12H2,1H3. The summed E-state index contributed by atoms with van der Waals surface area (Å²) in [7, 11) is 1.67. The van der Waals surface area contributed by atoms with Crippen molar-refractivity contribution in [3.63, 3.8) is 0 Å². The van der Waals surface area contributed by atoms with E-state index in [0.717, 1.165) is 43.0 Å². The molecule has 0 radical (unpaired) electrons. The van der Waals surface area contributed by atoms with Gasteiger partial charge in [0.2, 0.25) is 5.88 Å². The minimum absolute atomic E-state index is 0.503. The van der Waals surface area contributed by atoms with E-state index in [1.807, 2.05) is 6.07 Å². The van der Waals surface area contributed by atoms with Gasteiger partial charge in [-0.3, -0.25) is 4.68 Å². The molecule has 6 nitrogen and oxygen atoms in total. The normalized spacial score (nSPS) is 16.2. The lowest BCUT2D eigenvalue weighted by Crippen LogP contribution is -2.25. The highest BCUT2D eigenvalue weighted by Gasteiger charge is 2.33. The molecule has 3 heterocycles. The lowest BCUT2D eigenvalue weighted by molar-refractivity contribution is 0.397. The number of hydrogen-bond donors (Lipinski definition) is 1. The van der Waals surface area contributed by atoms with Crippen molar-refractivity contribution in [2.75, 3.05) is 13.7 Å². The van der Waals surface area contributed by atoms with E-state index in [4.69, 9.17) is 9.84 Å². The van der Waals surface area contributed by atoms with Crippen LogP contribution in [0.2, 0.25) is 0 Å². The molecule has 0 atom stereocenters. The minimum Gasteiger partial charge on any atom is -0.480 e. The Labute approximate surface area is 158 Å². The molecule has 1 aliphatic carbocycles. The van der Waals surface area contributed by atoms with E-state index in [0.29, 0.717) is 11.8 Å². The van der Waals surface area contributed by atoms with Gasteiger partial charge in [-0.25, -0.2) is 9.97 Å². The van der Waals surface area contributed by atoms with Crippen molar-refractivity contribution in [2.24, 2.45) is 0 Å². The third kappa shape index (κ3) is 3.00. The van der Waals surface area contributed by atoms with Crippen molar-refractivity contribution in [3.8, 4) is 17.1 Å². The summed E-state index contributed by atoms with van der Waals surface area (Å²) in [5, 5.41) is 8.55. The monoisotopic (exact) mass is 361 g/mol. The molecular formula is C21H23N5O. The summed E-state index contributed by atoms with van der Waals surface area (Å²) < 4.78 is 7.77. The van der Waals surface area contributed by atoms with Crippen LogP contribution in [0, 0.1) is 0 Å². The summed E-state index contributed by atoms with van der Waals surface area (Å²) in [5.74, 6) is 1.13. The smallest absolute Gasteiger partial charge is 0.226 e. The molecule has 0 saturated heterocycles. The number of rotatable bonds is 5. The first kappa shape index (κ1) is 16.4. The maximum Gasteiger partial charge on any atom is 0.226 e. The van der Waals surface area contributed by atoms with E-state index < -0.39 is 0 Å². The van der Waals surface area contributed by atoms with Crippen LogP contribution in [-0.4, -0.2) is 33.4 Å². The highest BCUT2D eigenvalue weighted by molar-refractivity contribution is 5.72. The van der Waals surface area contributed by atoms with Crippen molar-refractivity contribution >= 4 is 0 Å². The second kappa shape index (κ2) is 6.78. The number of benzene rings is 1. The van der Waals surface area contributed by atoms with E-state index in [-0.39, 0.29) is 0 Å². The fraction of sp³-hybridized carbons (Fsp3) is 0.381. The second-order valence-electron chi connectivity index (χ2n) is 7.26. The zero-order valence-electron chi connectivity index (χ0n) is 15.5. The van der Waals surface area contributed by atoms with E-state index in [2.05, 4.69) is 44.2 Å². The zero-order chi connectivity index (χ0) is 18.2. The van der Waals surface area contributed by atoms with Crippen LogP contribution in [0.15, 0.2) is 36.7 Å². The first-order chi connectivity index (χ1) is 13.3. The Kier molecular flexibility index (Phi) is 4.13. The lowest BCUT2D eigenvalue weighted by atomic mass is 10.00. The zero-order valence-corrected chi connectivity index (χ0v) is 15.5. The number of hydrogen-bond acceptors (Lipinski definition) is 5. The van der Waals surface area contributed by atoms with Crippen LogP contribution in [0.1, 0.15) is 41.3 Å². The maximum absolute atomic E-state index is 5.62. The van der Waals surface area contributed by atoms with Crippen molar-refractivity contribution in [3.05, 3.63) is 59.2 Å². The van der Waals surface area contributed by atoms with E-state index in [1.165, 1.54) is 29.7 Å². The Morgan fingerprint density at radius 2 is 2.04 bits per heavy atom. The topological polar surface area (TPSA) is 64.9 Å². The third-order valence-corrected chi connectivity index (χ3v) is 5.42. The number of aromatic nitrogens is 4. The SMILES string of the molecule is COc1ncnc(C2CC2)c1-c1nn(Cc2ccccc2)c2c1CNCC2. The van der Waals surface area contributed by atoms with Crippen LogP contribution in [0.25, 0.3) is 11.3 Å². The summed E-state index contributed by atoms with van der Waals surface area (Å²) >= 11 is 0. The van der Waals surface area contributed by atoms with Gasteiger partial charge in [0.05, 0.1) is 24.9 Å². The summed E-state index contributed by atoms with van der Waals surface area (Å²) in [5.41, 5.74) is 6.86. The molecule has 138 valence electrons. The minimum atomic E-state index is 0.503. The highest BCUT2D eigenvalue weighted by Crippen LogP contribution is 2.46. The number of methoxy groups -OCH3 is 1. The number of fused-ring (bicyclic) bond motifs is 1. The summed E-state index contributed by atoms with van der Waals surface area (Å²) in [6, 6.07) is 10.5. The van der Waals surface area contributed by atoms with Crippen molar-refractivity contribution in [1.82, 2.24) is 25.1 Å². The summed E-state index contributed by atoms with van der Waals surface area (Å²) in [6.45, 7) is 2.57. The Bertz CT molecular complexity index is 962. The summed E-state index contributed by atoms with van der Waals surface area (Å²) in [6.07, 6.45) is 4.95. The van der Waals surface area contributed by atoms with Crippen LogP contribution in [0.4, 0.5) is 0 Å². The first-order valence-electron chi connectivity index (χ1n) is 9.57. The molecule has 6 heteroatoms. The Morgan fingerprint density at radius 3 is 2.81 bits per heavy atom. The number of nitrogens with one attached hydrogen (secondary N) is 1. The van der Waals surface area contributed by atoms with E-state index >= 15 is 0 Å². The van der Waals surface area contributed by atoms with Gasteiger partial charge in [0.15, 0.2) is 0 Å². The van der Waals surface area contributed by atoms with Crippen LogP contribution in [0.5, 0.6) is 5.88 Å². The molecule has 2 aliphatic rings. The van der Waals surface area contributed by atoms with Crippen molar-refractivity contribution in [1.29, 1.82) is 0 Å². The predicted octanol–water partition coefficient (Wildman–Crippen LogP) is 2.92. The van der Waals surface area contributed by atoms with Crippen LogP contribution < -0.4 is 10.1 Å². The average Bonchev–Trinajstić information content (AvgIpc) is 3.51. The second-order valence-corrected chi connectivity index (χ2v) is 7.26. The predicted molar refractivity (Wildman–Crippen MR) is 103 cm³/mol. The van der Waals surface area contributed by atoms with Gasteiger partial charge in [0.1, 0.15) is 12.0 Å². The van der Waals surface area contributed by atoms with Crippen LogP contribution >= 0.6 is 0 Å². The molecule has 0 bridgehead atoms. The molecular weight excluding hydrogens is 338 g/mol. The molecule has 0 spiro atoms. The molecule has 1 aliphatic heterocycles. The molecule has 1 saturated carbocycles. The highest BCUT2D eigenvalue weighted by atomic mass is 16.5. The Hall–Kier alpha value is -2.73. The number of nitrogens with zero attached hydrogens (tertiary/aromatic N) is 4.